The van der Waals surface area contributed by atoms with E-state index in [1.165, 1.54) is 53.5 Å². The number of thioether (sulfide) groups is 2. The molecule has 2 N–H and O–H groups in total. The average molecular weight is 378 g/mol. The Morgan fingerprint density at radius 2 is 1.61 bits per heavy atom. The van der Waals surface area contributed by atoms with Crippen LogP contribution in [0.4, 0.5) is 5.69 Å². The lowest BCUT2D eigenvalue weighted by atomic mass is 10.1. The van der Waals surface area contributed by atoms with Crippen LogP contribution >= 0.6 is 23.5 Å². The monoisotopic (exact) mass is 377 g/mol. The molecule has 0 saturated carbocycles. The number of unbranched alkanes of at least 4 members (excludes halogenated alkanes) is 3. The third-order valence-electron chi connectivity index (χ3n) is 3.01. The zero-order valence-electron chi connectivity index (χ0n) is 13.1. The first-order valence-electron chi connectivity index (χ1n) is 7.51. The first-order chi connectivity index (χ1) is 10.9. The second-order valence-electron chi connectivity index (χ2n) is 5.00. The van der Waals surface area contributed by atoms with Gasteiger partial charge in [-0.25, -0.2) is 4.99 Å². The Labute approximate surface area is 146 Å². The molecule has 130 valence electrons. The Morgan fingerprint density at radius 1 is 1.04 bits per heavy atom. The largest absolute Gasteiger partial charge is 0.394 e. The number of aryl methyl sites for hydroxylation is 1. The quantitative estimate of drug-likeness (QED) is 0.555. The van der Waals surface area contributed by atoms with Gasteiger partial charge in [0, 0.05) is 11.5 Å². The van der Waals surface area contributed by atoms with Gasteiger partial charge in [0.1, 0.15) is 4.38 Å². The second-order valence-corrected chi connectivity index (χ2v) is 8.32. The van der Waals surface area contributed by atoms with E-state index in [0.717, 1.165) is 5.69 Å². The smallest absolute Gasteiger partial charge is 0.264 e. The minimum atomic E-state index is -4.67. The van der Waals surface area contributed by atoms with Gasteiger partial charge in [0.2, 0.25) is 0 Å². The van der Waals surface area contributed by atoms with Gasteiger partial charge in [-0.1, -0.05) is 61.8 Å². The number of hydrogen-bond donors (Lipinski definition) is 2. The SMILES string of the molecule is CCCCCCc1ccc(N=C2SCCS2)cc1.O=S(=O)(O)O. The predicted molar refractivity (Wildman–Crippen MR) is 100 cm³/mol. The zero-order chi connectivity index (χ0) is 17.1. The van der Waals surface area contributed by atoms with E-state index in [1.807, 2.05) is 23.5 Å². The van der Waals surface area contributed by atoms with Crippen molar-refractivity contribution in [2.75, 3.05) is 11.5 Å². The molecule has 0 atom stereocenters. The van der Waals surface area contributed by atoms with Crippen molar-refractivity contribution < 1.29 is 17.5 Å². The number of rotatable bonds is 6. The van der Waals surface area contributed by atoms with Crippen LogP contribution in [0.1, 0.15) is 38.2 Å². The summed E-state index contributed by atoms with van der Waals surface area (Å²) in [6, 6.07) is 8.77. The van der Waals surface area contributed by atoms with Crippen molar-refractivity contribution in [3.8, 4) is 0 Å². The first-order valence-corrected chi connectivity index (χ1v) is 10.9. The highest BCUT2D eigenvalue weighted by Crippen LogP contribution is 2.29. The van der Waals surface area contributed by atoms with Gasteiger partial charge in [-0.15, -0.1) is 0 Å². The molecule has 1 aromatic carbocycles. The minimum absolute atomic E-state index is 1.10. The van der Waals surface area contributed by atoms with Crippen molar-refractivity contribution in [1.82, 2.24) is 0 Å². The van der Waals surface area contributed by atoms with E-state index in [0.29, 0.717) is 0 Å². The fraction of sp³-hybridized carbons (Fsp3) is 0.533. The lowest BCUT2D eigenvalue weighted by Gasteiger charge is -2.02. The van der Waals surface area contributed by atoms with Crippen LogP contribution in [-0.2, 0) is 16.8 Å². The van der Waals surface area contributed by atoms with E-state index in [2.05, 4.69) is 36.2 Å². The Morgan fingerprint density at radius 3 is 2.13 bits per heavy atom. The summed E-state index contributed by atoms with van der Waals surface area (Å²) >= 11 is 3.75. The average Bonchev–Trinajstić information content (AvgIpc) is 2.96. The predicted octanol–water partition coefficient (Wildman–Crippen LogP) is 4.62. The Kier molecular flexibility index (Phi) is 9.89. The summed E-state index contributed by atoms with van der Waals surface area (Å²) in [5.41, 5.74) is 2.55. The maximum Gasteiger partial charge on any atom is 0.394 e. The summed E-state index contributed by atoms with van der Waals surface area (Å²) in [6.45, 7) is 2.26. The number of benzene rings is 1. The van der Waals surface area contributed by atoms with Gasteiger partial charge in [0.15, 0.2) is 0 Å². The van der Waals surface area contributed by atoms with Crippen LogP contribution in [0.2, 0.25) is 0 Å². The van der Waals surface area contributed by atoms with Gasteiger partial charge in [-0.2, -0.15) is 8.42 Å². The Balaban J connectivity index is 0.000000463. The van der Waals surface area contributed by atoms with Gasteiger partial charge in [0.25, 0.3) is 0 Å². The van der Waals surface area contributed by atoms with E-state index in [4.69, 9.17) is 17.5 Å². The van der Waals surface area contributed by atoms with Crippen LogP contribution in [-0.4, -0.2) is 33.4 Å². The lowest BCUT2D eigenvalue weighted by Crippen LogP contribution is -1.89. The molecule has 0 aliphatic carbocycles. The molecule has 1 heterocycles. The molecule has 0 bridgehead atoms. The normalized spacial score (nSPS) is 14.3. The second kappa shape index (κ2) is 11.1. The van der Waals surface area contributed by atoms with Crippen molar-refractivity contribution in [2.24, 2.45) is 4.99 Å². The summed E-state index contributed by atoms with van der Waals surface area (Å²) in [5, 5.41) is 0. The van der Waals surface area contributed by atoms with Crippen molar-refractivity contribution in [2.45, 2.75) is 39.0 Å². The summed E-state index contributed by atoms with van der Waals surface area (Å²) in [6.07, 6.45) is 6.55. The maximum atomic E-state index is 8.74. The molecule has 1 aromatic rings. The van der Waals surface area contributed by atoms with E-state index < -0.39 is 10.4 Å². The van der Waals surface area contributed by atoms with E-state index >= 15 is 0 Å². The van der Waals surface area contributed by atoms with Crippen LogP contribution in [0.15, 0.2) is 29.3 Å². The molecule has 0 amide bonds. The highest BCUT2D eigenvalue weighted by molar-refractivity contribution is 8.41. The highest BCUT2D eigenvalue weighted by atomic mass is 32.3. The van der Waals surface area contributed by atoms with Crippen molar-refractivity contribution in [1.29, 1.82) is 0 Å². The van der Waals surface area contributed by atoms with Crippen LogP contribution in [0.3, 0.4) is 0 Å². The fourth-order valence-corrected chi connectivity index (χ4v) is 4.15. The lowest BCUT2D eigenvalue weighted by molar-refractivity contribution is 0.381. The fourth-order valence-electron chi connectivity index (χ4n) is 1.96. The molecule has 0 unspecified atom stereocenters. The number of hydrogen-bond acceptors (Lipinski definition) is 5. The molecule has 0 radical (unpaired) electrons. The summed E-state index contributed by atoms with van der Waals surface area (Å²) in [7, 11) is -4.67. The third kappa shape index (κ3) is 11.6. The molecule has 1 aliphatic rings. The molecule has 1 saturated heterocycles. The molecular formula is C15H23NO4S3. The van der Waals surface area contributed by atoms with E-state index in [-0.39, 0.29) is 0 Å². The van der Waals surface area contributed by atoms with Crippen LogP contribution in [0, 0.1) is 0 Å². The Hall–Kier alpha value is -0.540. The van der Waals surface area contributed by atoms with Crippen molar-refractivity contribution >= 4 is 44.0 Å². The first kappa shape index (κ1) is 20.5. The standard InChI is InChI=1S/C15H21NS2.H2O4S/c1-2-3-4-5-6-13-7-9-14(10-8-13)16-15-17-11-12-18-15;1-5(2,3)4/h7-10H,2-6,11-12H2,1H3;(H2,1,2,3,4). The molecule has 1 fully saturated rings. The van der Waals surface area contributed by atoms with E-state index in [9.17, 15) is 0 Å². The van der Waals surface area contributed by atoms with Crippen LogP contribution < -0.4 is 0 Å². The number of nitrogens with zero attached hydrogens (tertiary/aromatic N) is 1. The minimum Gasteiger partial charge on any atom is -0.264 e. The summed E-state index contributed by atoms with van der Waals surface area (Å²) < 4.78 is 32.8. The summed E-state index contributed by atoms with van der Waals surface area (Å²) in [5.74, 6) is 2.41. The molecule has 1 aliphatic heterocycles. The molecule has 5 nitrogen and oxygen atoms in total. The molecule has 0 spiro atoms. The van der Waals surface area contributed by atoms with Crippen LogP contribution in [0.25, 0.3) is 0 Å². The maximum absolute atomic E-state index is 8.74. The van der Waals surface area contributed by atoms with Crippen molar-refractivity contribution in [3.05, 3.63) is 29.8 Å². The molecule has 2 rings (SSSR count). The van der Waals surface area contributed by atoms with Gasteiger partial charge >= 0.3 is 10.4 Å². The van der Waals surface area contributed by atoms with Gasteiger partial charge < -0.3 is 0 Å². The topological polar surface area (TPSA) is 87.0 Å². The molecule has 8 heteroatoms. The Bertz CT molecular complexity index is 569. The highest BCUT2D eigenvalue weighted by Gasteiger charge is 2.09. The third-order valence-corrected chi connectivity index (χ3v) is 5.47. The van der Waals surface area contributed by atoms with Crippen LogP contribution in [0.5, 0.6) is 0 Å². The molecule has 0 aromatic heterocycles. The van der Waals surface area contributed by atoms with Gasteiger partial charge in [-0.05, 0) is 30.5 Å². The number of aliphatic imine (C=N–C) groups is 1. The molecule has 23 heavy (non-hydrogen) atoms. The van der Waals surface area contributed by atoms with E-state index in [1.54, 1.807) is 0 Å². The van der Waals surface area contributed by atoms with Gasteiger partial charge in [-0.3, -0.25) is 9.11 Å². The van der Waals surface area contributed by atoms with Gasteiger partial charge in [0.05, 0.1) is 5.69 Å². The zero-order valence-corrected chi connectivity index (χ0v) is 15.6. The molecular weight excluding hydrogens is 354 g/mol. The summed E-state index contributed by atoms with van der Waals surface area (Å²) in [4.78, 5) is 4.65. The van der Waals surface area contributed by atoms with Crippen molar-refractivity contribution in [3.63, 3.8) is 0 Å².